The molecule has 0 saturated heterocycles. The van der Waals surface area contributed by atoms with E-state index in [0.717, 1.165) is 11.8 Å². The third-order valence-corrected chi connectivity index (χ3v) is 4.12. The number of para-hydroxylation sites is 1. The fourth-order valence-electron chi connectivity index (χ4n) is 2.67. The van der Waals surface area contributed by atoms with E-state index in [-0.39, 0.29) is 24.7 Å². The van der Waals surface area contributed by atoms with E-state index < -0.39 is 24.4 Å². The first kappa shape index (κ1) is 20.2. The highest BCUT2D eigenvalue weighted by Gasteiger charge is 2.17. The van der Waals surface area contributed by atoms with Crippen molar-refractivity contribution in [3.05, 3.63) is 84.2 Å². The van der Waals surface area contributed by atoms with E-state index in [9.17, 15) is 18.0 Å². The van der Waals surface area contributed by atoms with Gasteiger partial charge in [-0.2, -0.15) is 8.78 Å². The monoisotopic (exact) mass is 404 g/mol. The second kappa shape index (κ2) is 9.63. The number of nitrogens with zero attached hydrogens (tertiary/aromatic N) is 2. The van der Waals surface area contributed by atoms with Crippen molar-refractivity contribution in [3.8, 4) is 5.75 Å². The number of benzene rings is 2. The second-order valence-electron chi connectivity index (χ2n) is 6.06. The molecular formula is C20H19F3N4O2. The zero-order valence-electron chi connectivity index (χ0n) is 15.3. The van der Waals surface area contributed by atoms with Crippen LogP contribution in [0.2, 0.25) is 0 Å². The van der Waals surface area contributed by atoms with Crippen molar-refractivity contribution in [2.45, 2.75) is 19.1 Å². The van der Waals surface area contributed by atoms with E-state index in [1.165, 1.54) is 18.3 Å². The predicted molar refractivity (Wildman–Crippen MR) is 99.9 cm³/mol. The first-order valence-corrected chi connectivity index (χ1v) is 8.81. The minimum atomic E-state index is -2.75. The van der Waals surface area contributed by atoms with Gasteiger partial charge in [-0.1, -0.05) is 42.5 Å². The summed E-state index contributed by atoms with van der Waals surface area (Å²) in [4.78, 5) is 16.1. The molecule has 9 heteroatoms. The summed E-state index contributed by atoms with van der Waals surface area (Å²) < 4.78 is 45.7. The van der Waals surface area contributed by atoms with E-state index in [1.54, 1.807) is 36.4 Å². The summed E-state index contributed by atoms with van der Waals surface area (Å²) in [5.41, 5.74) is 0.744. The third-order valence-electron chi connectivity index (χ3n) is 4.12. The number of imidazole rings is 1. The molecule has 0 aliphatic rings. The third kappa shape index (κ3) is 5.50. The molecule has 29 heavy (non-hydrogen) atoms. The number of aromatic nitrogens is 2. The highest BCUT2D eigenvalue weighted by molar-refractivity contribution is 5.74. The van der Waals surface area contributed by atoms with Crippen LogP contribution in [0.15, 0.2) is 67.0 Å². The summed E-state index contributed by atoms with van der Waals surface area (Å²) in [5.74, 6) is -0.425. The standard InChI is InChI=1S/C20H19F3N4O2/c21-15-8-4-5-9-17(15)29-13-16(14-6-2-1-3-7-14)26-20(28)25-12-18-24-10-11-27(18)19(22)23/h1-11,16,19H,12-13H2,(H2,25,26,28). The molecule has 0 spiro atoms. The lowest BCUT2D eigenvalue weighted by atomic mass is 10.1. The minimum Gasteiger partial charge on any atom is -0.488 e. The zero-order chi connectivity index (χ0) is 20.6. The van der Waals surface area contributed by atoms with Crippen LogP contribution >= 0.6 is 0 Å². The molecule has 1 unspecified atom stereocenters. The van der Waals surface area contributed by atoms with Crippen LogP contribution in [0.25, 0.3) is 0 Å². The number of hydrogen-bond donors (Lipinski definition) is 2. The average molecular weight is 404 g/mol. The lowest BCUT2D eigenvalue weighted by Gasteiger charge is -2.20. The molecule has 1 aromatic heterocycles. The van der Waals surface area contributed by atoms with Gasteiger partial charge in [-0.05, 0) is 17.7 Å². The van der Waals surface area contributed by atoms with Crippen molar-refractivity contribution in [2.24, 2.45) is 0 Å². The molecule has 3 rings (SSSR count). The highest BCUT2D eigenvalue weighted by atomic mass is 19.3. The van der Waals surface area contributed by atoms with Gasteiger partial charge in [0.05, 0.1) is 12.6 Å². The first-order valence-electron chi connectivity index (χ1n) is 8.81. The average Bonchev–Trinajstić information content (AvgIpc) is 3.20. The molecule has 0 saturated carbocycles. The maximum Gasteiger partial charge on any atom is 0.319 e. The van der Waals surface area contributed by atoms with Crippen molar-refractivity contribution in [1.82, 2.24) is 20.2 Å². The molecule has 1 atom stereocenters. The van der Waals surface area contributed by atoms with Crippen LogP contribution in [0.3, 0.4) is 0 Å². The van der Waals surface area contributed by atoms with Gasteiger partial charge in [0, 0.05) is 12.4 Å². The molecule has 0 fully saturated rings. The van der Waals surface area contributed by atoms with Gasteiger partial charge in [0.2, 0.25) is 0 Å². The number of alkyl halides is 2. The largest absolute Gasteiger partial charge is 0.488 e. The van der Waals surface area contributed by atoms with Crippen LogP contribution in [-0.4, -0.2) is 22.2 Å². The summed E-state index contributed by atoms with van der Waals surface area (Å²) in [6, 6.07) is 13.8. The van der Waals surface area contributed by atoms with Crippen LogP contribution in [0, 0.1) is 5.82 Å². The summed E-state index contributed by atoms with van der Waals surface area (Å²) in [6.45, 7) is -2.95. The number of hydrogen-bond acceptors (Lipinski definition) is 3. The summed E-state index contributed by atoms with van der Waals surface area (Å²) in [7, 11) is 0. The fourth-order valence-corrected chi connectivity index (χ4v) is 2.67. The topological polar surface area (TPSA) is 68.2 Å². The Bertz CT molecular complexity index is 934. The van der Waals surface area contributed by atoms with Crippen molar-refractivity contribution in [2.75, 3.05) is 6.61 Å². The van der Waals surface area contributed by atoms with E-state index in [0.29, 0.717) is 4.57 Å². The van der Waals surface area contributed by atoms with Crippen molar-refractivity contribution >= 4 is 6.03 Å². The maximum atomic E-state index is 13.8. The Morgan fingerprint density at radius 2 is 1.83 bits per heavy atom. The van der Waals surface area contributed by atoms with Crippen LogP contribution < -0.4 is 15.4 Å². The van der Waals surface area contributed by atoms with Crippen LogP contribution in [0.4, 0.5) is 18.0 Å². The van der Waals surface area contributed by atoms with Gasteiger partial charge in [0.1, 0.15) is 12.4 Å². The Morgan fingerprint density at radius 1 is 1.10 bits per heavy atom. The number of halogens is 3. The molecule has 6 nitrogen and oxygen atoms in total. The Hall–Kier alpha value is -3.49. The molecule has 2 N–H and O–H groups in total. The summed E-state index contributed by atoms with van der Waals surface area (Å²) in [6.07, 6.45) is 2.37. The molecular weight excluding hydrogens is 385 g/mol. The van der Waals surface area contributed by atoms with Gasteiger partial charge in [0.15, 0.2) is 11.6 Å². The van der Waals surface area contributed by atoms with Gasteiger partial charge in [-0.3, -0.25) is 4.57 Å². The fraction of sp³-hybridized carbons (Fsp3) is 0.200. The highest BCUT2D eigenvalue weighted by Crippen LogP contribution is 2.19. The normalized spacial score (nSPS) is 11.9. The molecule has 2 amide bonds. The molecule has 0 radical (unpaired) electrons. The number of carbonyl (C=O) groups excluding carboxylic acids is 1. The molecule has 3 aromatic rings. The van der Waals surface area contributed by atoms with Crippen molar-refractivity contribution < 1.29 is 22.7 Å². The van der Waals surface area contributed by atoms with Crippen LogP contribution in [0.1, 0.15) is 24.0 Å². The van der Waals surface area contributed by atoms with Gasteiger partial charge in [-0.15, -0.1) is 0 Å². The number of carbonyl (C=O) groups is 1. The number of amides is 2. The van der Waals surface area contributed by atoms with Crippen LogP contribution in [0.5, 0.6) is 5.75 Å². The SMILES string of the molecule is O=C(NCc1nccn1C(F)F)NC(COc1ccccc1F)c1ccccc1. The lowest BCUT2D eigenvalue weighted by molar-refractivity contribution is 0.0667. The number of ether oxygens (including phenoxy) is 1. The van der Waals surface area contributed by atoms with Gasteiger partial charge in [-0.25, -0.2) is 14.2 Å². The molecule has 0 aliphatic heterocycles. The number of nitrogens with one attached hydrogen (secondary N) is 2. The van der Waals surface area contributed by atoms with Crippen molar-refractivity contribution in [1.29, 1.82) is 0 Å². The maximum absolute atomic E-state index is 13.8. The Labute approximate surface area is 165 Å². The molecule has 1 heterocycles. The quantitative estimate of drug-likeness (QED) is 0.596. The Morgan fingerprint density at radius 3 is 2.55 bits per heavy atom. The predicted octanol–water partition coefficient (Wildman–Crippen LogP) is 4.04. The smallest absolute Gasteiger partial charge is 0.319 e. The number of rotatable bonds is 8. The lowest BCUT2D eigenvalue weighted by Crippen LogP contribution is -2.40. The second-order valence-corrected chi connectivity index (χ2v) is 6.06. The minimum absolute atomic E-state index is 0.0222. The van der Waals surface area contributed by atoms with Gasteiger partial charge < -0.3 is 15.4 Å². The molecule has 152 valence electrons. The Kier molecular flexibility index (Phi) is 6.72. The number of urea groups is 1. The van der Waals surface area contributed by atoms with E-state index in [1.807, 2.05) is 6.07 Å². The zero-order valence-corrected chi connectivity index (χ0v) is 15.3. The van der Waals surface area contributed by atoms with E-state index in [4.69, 9.17) is 4.74 Å². The summed E-state index contributed by atoms with van der Waals surface area (Å²) in [5, 5.41) is 5.21. The van der Waals surface area contributed by atoms with Gasteiger partial charge in [0.25, 0.3) is 0 Å². The van der Waals surface area contributed by atoms with Crippen LogP contribution in [-0.2, 0) is 6.54 Å². The molecule has 0 aliphatic carbocycles. The van der Waals surface area contributed by atoms with Gasteiger partial charge >= 0.3 is 12.6 Å². The van der Waals surface area contributed by atoms with E-state index in [2.05, 4.69) is 15.6 Å². The summed E-state index contributed by atoms with van der Waals surface area (Å²) >= 11 is 0. The van der Waals surface area contributed by atoms with Crippen molar-refractivity contribution in [3.63, 3.8) is 0 Å². The Balaban J connectivity index is 1.64. The van der Waals surface area contributed by atoms with E-state index >= 15 is 0 Å². The molecule has 0 bridgehead atoms. The first-order chi connectivity index (χ1) is 14.0. The molecule has 2 aromatic carbocycles.